The zero-order chi connectivity index (χ0) is 21.8. The Morgan fingerprint density at radius 3 is 2.45 bits per heavy atom. The number of nitrogens with two attached hydrogens (primary N) is 1. The zero-order valence-corrected chi connectivity index (χ0v) is 17.1. The zero-order valence-electron chi connectivity index (χ0n) is 17.1. The molecular weight excluding hydrogens is 393 g/mol. The van der Waals surface area contributed by atoms with Gasteiger partial charge in [-0.1, -0.05) is 36.4 Å². The number of carbonyl (C=O) groups is 2. The maximum absolute atomic E-state index is 13.1. The predicted octanol–water partition coefficient (Wildman–Crippen LogP) is 3.38. The van der Waals surface area contributed by atoms with Crippen LogP contribution < -0.4 is 5.73 Å². The molecule has 6 heteroatoms. The fraction of sp³-hybridized carbons (Fsp3) is 0.240. The average molecular weight is 417 g/mol. The van der Waals surface area contributed by atoms with Crippen molar-refractivity contribution < 1.29 is 14.0 Å². The van der Waals surface area contributed by atoms with Gasteiger partial charge in [-0.25, -0.2) is 4.39 Å². The lowest BCUT2D eigenvalue weighted by Crippen LogP contribution is -2.42. The molecule has 2 amide bonds. The quantitative estimate of drug-likeness (QED) is 0.668. The van der Waals surface area contributed by atoms with Crippen molar-refractivity contribution >= 4 is 11.8 Å². The van der Waals surface area contributed by atoms with Crippen LogP contribution in [-0.2, 0) is 22.4 Å². The molecule has 0 spiro atoms. The fourth-order valence-electron chi connectivity index (χ4n) is 4.26. The SMILES string of the molecule is NC(=O)C1(Cc2ccccc2-c2ccncc2)CCN(C(=O)Cc2ccc(F)cc2)C1. The summed E-state index contributed by atoms with van der Waals surface area (Å²) in [7, 11) is 0. The van der Waals surface area contributed by atoms with Crippen molar-refractivity contribution in [2.24, 2.45) is 11.1 Å². The third-order valence-corrected chi connectivity index (χ3v) is 6.04. The van der Waals surface area contributed by atoms with E-state index in [0.29, 0.717) is 19.4 Å². The van der Waals surface area contributed by atoms with Crippen molar-refractivity contribution in [1.82, 2.24) is 9.88 Å². The fourth-order valence-corrected chi connectivity index (χ4v) is 4.26. The minimum absolute atomic E-state index is 0.0860. The molecule has 0 bridgehead atoms. The smallest absolute Gasteiger partial charge is 0.227 e. The highest BCUT2D eigenvalue weighted by molar-refractivity contribution is 5.85. The van der Waals surface area contributed by atoms with E-state index in [1.165, 1.54) is 12.1 Å². The van der Waals surface area contributed by atoms with Gasteiger partial charge in [0.15, 0.2) is 0 Å². The van der Waals surface area contributed by atoms with Crippen LogP contribution in [0.4, 0.5) is 4.39 Å². The third kappa shape index (κ3) is 4.48. The molecule has 0 saturated carbocycles. The van der Waals surface area contributed by atoms with Crippen LogP contribution in [0.15, 0.2) is 73.1 Å². The van der Waals surface area contributed by atoms with Gasteiger partial charge in [0.25, 0.3) is 0 Å². The first-order valence-corrected chi connectivity index (χ1v) is 10.3. The van der Waals surface area contributed by atoms with E-state index in [2.05, 4.69) is 4.98 Å². The summed E-state index contributed by atoms with van der Waals surface area (Å²) < 4.78 is 13.1. The van der Waals surface area contributed by atoms with Gasteiger partial charge in [-0.05, 0) is 59.4 Å². The van der Waals surface area contributed by atoms with Gasteiger partial charge >= 0.3 is 0 Å². The number of carbonyl (C=O) groups excluding carboxylic acids is 2. The maximum Gasteiger partial charge on any atom is 0.227 e. The van der Waals surface area contributed by atoms with Crippen molar-refractivity contribution in [1.29, 1.82) is 0 Å². The molecule has 1 atom stereocenters. The van der Waals surface area contributed by atoms with E-state index in [0.717, 1.165) is 22.3 Å². The number of nitrogens with zero attached hydrogens (tertiary/aromatic N) is 2. The Bertz CT molecular complexity index is 1090. The average Bonchev–Trinajstić information content (AvgIpc) is 3.22. The van der Waals surface area contributed by atoms with Crippen molar-refractivity contribution in [2.45, 2.75) is 19.3 Å². The molecule has 1 unspecified atom stereocenters. The highest BCUT2D eigenvalue weighted by atomic mass is 19.1. The Kier molecular flexibility index (Phi) is 5.80. The normalized spacial score (nSPS) is 18.2. The number of likely N-dealkylation sites (tertiary alicyclic amines) is 1. The highest BCUT2D eigenvalue weighted by Crippen LogP contribution is 2.37. The first-order chi connectivity index (χ1) is 15.0. The van der Waals surface area contributed by atoms with Gasteiger partial charge in [-0.15, -0.1) is 0 Å². The monoisotopic (exact) mass is 417 g/mol. The Morgan fingerprint density at radius 1 is 1.03 bits per heavy atom. The van der Waals surface area contributed by atoms with E-state index < -0.39 is 11.3 Å². The highest BCUT2D eigenvalue weighted by Gasteiger charge is 2.45. The van der Waals surface area contributed by atoms with Gasteiger partial charge in [0.1, 0.15) is 5.82 Å². The van der Waals surface area contributed by atoms with Crippen LogP contribution in [-0.4, -0.2) is 34.8 Å². The number of aromatic nitrogens is 1. The Labute approximate surface area is 180 Å². The van der Waals surface area contributed by atoms with Gasteiger partial charge in [-0.3, -0.25) is 14.6 Å². The molecule has 1 aromatic heterocycles. The molecule has 1 aliphatic heterocycles. The molecule has 158 valence electrons. The molecule has 2 heterocycles. The second-order valence-electron chi connectivity index (χ2n) is 8.08. The molecular formula is C25H24FN3O2. The molecule has 2 N–H and O–H groups in total. The van der Waals surface area contributed by atoms with Crippen LogP contribution in [0.5, 0.6) is 0 Å². The van der Waals surface area contributed by atoms with Gasteiger partial charge in [0.05, 0.1) is 11.8 Å². The summed E-state index contributed by atoms with van der Waals surface area (Å²) in [5, 5.41) is 0. The lowest BCUT2D eigenvalue weighted by molar-refractivity contribution is -0.131. The molecule has 0 aliphatic carbocycles. The van der Waals surface area contributed by atoms with E-state index in [4.69, 9.17) is 5.73 Å². The van der Waals surface area contributed by atoms with Crippen LogP contribution >= 0.6 is 0 Å². The maximum atomic E-state index is 13.1. The molecule has 5 nitrogen and oxygen atoms in total. The molecule has 1 saturated heterocycles. The van der Waals surface area contributed by atoms with E-state index in [-0.39, 0.29) is 24.7 Å². The van der Waals surface area contributed by atoms with Crippen LogP contribution in [0.25, 0.3) is 11.1 Å². The Hall–Kier alpha value is -3.54. The van der Waals surface area contributed by atoms with Crippen LogP contribution in [0.2, 0.25) is 0 Å². The van der Waals surface area contributed by atoms with Gasteiger partial charge < -0.3 is 10.6 Å². The number of primary amides is 1. The second kappa shape index (κ2) is 8.68. The largest absolute Gasteiger partial charge is 0.369 e. The number of pyridine rings is 1. The Balaban J connectivity index is 1.54. The summed E-state index contributed by atoms with van der Waals surface area (Å²) in [6.45, 7) is 0.757. The topological polar surface area (TPSA) is 76.3 Å². The number of benzene rings is 2. The summed E-state index contributed by atoms with van der Waals surface area (Å²) in [5.41, 5.74) is 8.86. The van der Waals surface area contributed by atoms with E-state index >= 15 is 0 Å². The van der Waals surface area contributed by atoms with E-state index in [1.807, 2.05) is 36.4 Å². The van der Waals surface area contributed by atoms with Crippen molar-refractivity contribution in [3.63, 3.8) is 0 Å². The van der Waals surface area contributed by atoms with E-state index in [1.54, 1.807) is 29.4 Å². The number of halogens is 1. The van der Waals surface area contributed by atoms with Crippen LogP contribution in [0.1, 0.15) is 17.5 Å². The molecule has 1 fully saturated rings. The molecule has 31 heavy (non-hydrogen) atoms. The van der Waals surface area contributed by atoms with Gasteiger partial charge in [-0.2, -0.15) is 0 Å². The van der Waals surface area contributed by atoms with Gasteiger partial charge in [0, 0.05) is 25.5 Å². The number of rotatable bonds is 6. The lowest BCUT2D eigenvalue weighted by atomic mass is 9.78. The number of hydrogen-bond acceptors (Lipinski definition) is 3. The molecule has 2 aromatic carbocycles. The second-order valence-corrected chi connectivity index (χ2v) is 8.08. The van der Waals surface area contributed by atoms with Gasteiger partial charge in [0.2, 0.25) is 11.8 Å². The predicted molar refractivity (Wildman–Crippen MR) is 116 cm³/mol. The molecule has 4 rings (SSSR count). The van der Waals surface area contributed by atoms with Crippen molar-refractivity contribution in [2.75, 3.05) is 13.1 Å². The summed E-state index contributed by atoms with van der Waals surface area (Å²) in [4.78, 5) is 31.2. The first kappa shape index (κ1) is 20.7. The van der Waals surface area contributed by atoms with Crippen molar-refractivity contribution in [3.8, 4) is 11.1 Å². The van der Waals surface area contributed by atoms with Crippen LogP contribution in [0.3, 0.4) is 0 Å². The first-order valence-electron chi connectivity index (χ1n) is 10.3. The van der Waals surface area contributed by atoms with E-state index in [9.17, 15) is 14.0 Å². The summed E-state index contributed by atoms with van der Waals surface area (Å²) in [5.74, 6) is -0.816. The van der Waals surface area contributed by atoms with Crippen molar-refractivity contribution in [3.05, 3.63) is 90.0 Å². The number of amides is 2. The molecule has 1 aliphatic rings. The minimum Gasteiger partial charge on any atom is -0.369 e. The summed E-state index contributed by atoms with van der Waals surface area (Å²) in [6, 6.07) is 17.7. The standard InChI is InChI=1S/C25H24FN3O2/c26-21-7-5-18(6-8-21)15-23(30)29-14-11-25(17-29,24(27)31)16-20-3-1-2-4-22(20)19-9-12-28-13-10-19/h1-10,12-13H,11,14-17H2,(H2,27,31). The third-order valence-electron chi connectivity index (χ3n) is 6.04. The summed E-state index contributed by atoms with van der Waals surface area (Å²) >= 11 is 0. The summed E-state index contributed by atoms with van der Waals surface area (Å²) in [6.07, 6.45) is 4.62. The lowest BCUT2D eigenvalue weighted by Gasteiger charge is -2.27. The minimum atomic E-state index is -0.818. The molecule has 3 aromatic rings. The Morgan fingerprint density at radius 2 is 1.74 bits per heavy atom. The van der Waals surface area contributed by atoms with Crippen LogP contribution in [0, 0.1) is 11.2 Å². The number of hydrogen-bond donors (Lipinski definition) is 1. The molecule has 0 radical (unpaired) electrons.